The lowest BCUT2D eigenvalue weighted by Gasteiger charge is -2.22. The van der Waals surface area contributed by atoms with Crippen molar-refractivity contribution in [1.82, 2.24) is 0 Å². The highest BCUT2D eigenvalue weighted by Crippen LogP contribution is 2.31. The second-order valence-electron chi connectivity index (χ2n) is 5.98. The minimum absolute atomic E-state index is 0.277. The molecule has 0 amide bonds. The number of ether oxygens (including phenoxy) is 1. The van der Waals surface area contributed by atoms with Crippen LogP contribution in [0.5, 0.6) is 0 Å². The summed E-state index contributed by atoms with van der Waals surface area (Å²) in [5.74, 6) is -0.402. The first-order valence-electron chi connectivity index (χ1n) is 8.38. The van der Waals surface area contributed by atoms with Gasteiger partial charge in [-0.25, -0.2) is 4.79 Å². The van der Waals surface area contributed by atoms with E-state index in [0.717, 1.165) is 15.6 Å². The van der Waals surface area contributed by atoms with E-state index < -0.39 is 18.2 Å². The van der Waals surface area contributed by atoms with Crippen LogP contribution in [0.15, 0.2) is 89.4 Å². The lowest BCUT2D eigenvalue weighted by atomic mass is 9.98. The first-order valence-corrected chi connectivity index (χ1v) is 9.17. The maximum Gasteiger partial charge on any atom is 0.338 e. The molecule has 0 aromatic heterocycles. The van der Waals surface area contributed by atoms with Gasteiger partial charge in [-0.3, -0.25) is 0 Å². The Morgan fingerprint density at radius 3 is 2.15 bits per heavy atom. The van der Waals surface area contributed by atoms with Crippen LogP contribution in [0.2, 0.25) is 0 Å². The zero-order valence-electron chi connectivity index (χ0n) is 14.1. The van der Waals surface area contributed by atoms with E-state index in [0.29, 0.717) is 5.56 Å². The molecule has 4 heteroatoms. The van der Waals surface area contributed by atoms with E-state index >= 15 is 0 Å². The molecule has 0 aliphatic rings. The molecule has 1 N–H and O–H groups in total. The highest BCUT2D eigenvalue weighted by atomic mass is 79.9. The maximum absolute atomic E-state index is 12.5. The van der Waals surface area contributed by atoms with Gasteiger partial charge in [0, 0.05) is 10.9 Å². The van der Waals surface area contributed by atoms with Crippen molar-refractivity contribution in [2.24, 2.45) is 0 Å². The van der Waals surface area contributed by atoms with Crippen molar-refractivity contribution in [3.05, 3.63) is 106 Å². The van der Waals surface area contributed by atoms with E-state index in [-0.39, 0.29) is 6.42 Å². The second-order valence-corrected chi connectivity index (χ2v) is 6.89. The average Bonchev–Trinajstić information content (AvgIpc) is 2.68. The molecule has 0 aliphatic carbocycles. The highest BCUT2D eigenvalue weighted by Gasteiger charge is 2.22. The third kappa shape index (κ3) is 4.81. The Labute approximate surface area is 161 Å². The summed E-state index contributed by atoms with van der Waals surface area (Å²) in [5.41, 5.74) is 2.12. The molecular weight excluding hydrogens is 392 g/mol. The average molecular weight is 411 g/mol. The van der Waals surface area contributed by atoms with Gasteiger partial charge in [-0.1, -0.05) is 76.6 Å². The molecule has 0 spiro atoms. The molecule has 0 aliphatic heterocycles. The molecule has 0 saturated carbocycles. The summed E-state index contributed by atoms with van der Waals surface area (Å²) in [4.78, 5) is 12.5. The number of hydrogen-bond acceptors (Lipinski definition) is 3. The van der Waals surface area contributed by atoms with Gasteiger partial charge in [-0.05, 0) is 35.4 Å². The van der Waals surface area contributed by atoms with Crippen molar-refractivity contribution in [1.29, 1.82) is 0 Å². The normalized spacial score (nSPS) is 13.0. The van der Waals surface area contributed by atoms with Crippen molar-refractivity contribution in [2.75, 3.05) is 0 Å². The summed E-state index contributed by atoms with van der Waals surface area (Å²) in [6.45, 7) is 0. The largest absolute Gasteiger partial charge is 0.454 e. The van der Waals surface area contributed by atoms with Crippen molar-refractivity contribution in [3.8, 4) is 0 Å². The van der Waals surface area contributed by atoms with Crippen LogP contribution >= 0.6 is 15.9 Å². The quantitative estimate of drug-likeness (QED) is 0.547. The number of rotatable bonds is 6. The molecule has 3 rings (SSSR count). The number of carbonyl (C=O) groups excluding carboxylic acids is 1. The zero-order valence-corrected chi connectivity index (χ0v) is 15.7. The fraction of sp³-hybridized carbons (Fsp3) is 0.136. The number of aliphatic hydroxyl groups is 1. The summed E-state index contributed by atoms with van der Waals surface area (Å²) < 4.78 is 6.63. The van der Waals surface area contributed by atoms with Crippen molar-refractivity contribution >= 4 is 21.9 Å². The van der Waals surface area contributed by atoms with E-state index in [1.54, 1.807) is 24.3 Å². The molecule has 132 valence electrons. The van der Waals surface area contributed by atoms with Gasteiger partial charge >= 0.3 is 5.97 Å². The van der Waals surface area contributed by atoms with Gasteiger partial charge in [0.05, 0.1) is 11.7 Å². The second kappa shape index (κ2) is 8.79. The predicted octanol–water partition coefficient (Wildman–Crippen LogP) is 5.47. The van der Waals surface area contributed by atoms with Crippen LogP contribution in [0.25, 0.3) is 0 Å². The smallest absolute Gasteiger partial charge is 0.338 e. The Hall–Kier alpha value is -2.43. The lowest BCUT2D eigenvalue weighted by Crippen LogP contribution is -2.15. The van der Waals surface area contributed by atoms with Gasteiger partial charge in [0.25, 0.3) is 0 Å². The minimum atomic E-state index is -0.749. The standard InChI is InChI=1S/C22H19BrO3/c23-19-13-7-12-18(14-19)20(24)15-21(16-8-3-1-4-9-16)26-22(25)17-10-5-2-6-11-17/h1-14,20-21,24H,15H2/t20-,21-/m0/s1. The van der Waals surface area contributed by atoms with E-state index in [2.05, 4.69) is 15.9 Å². The Balaban J connectivity index is 1.81. The monoisotopic (exact) mass is 410 g/mol. The Morgan fingerprint density at radius 1 is 0.885 bits per heavy atom. The molecule has 26 heavy (non-hydrogen) atoms. The molecule has 2 atom stereocenters. The Kier molecular flexibility index (Phi) is 6.21. The third-order valence-corrected chi connectivity index (χ3v) is 4.59. The predicted molar refractivity (Wildman–Crippen MR) is 105 cm³/mol. The third-order valence-electron chi connectivity index (χ3n) is 4.10. The summed E-state index contributed by atoms with van der Waals surface area (Å²) >= 11 is 3.42. The molecular formula is C22H19BrO3. The van der Waals surface area contributed by atoms with Gasteiger partial charge in [0.15, 0.2) is 0 Å². The number of halogens is 1. The molecule has 0 heterocycles. The Morgan fingerprint density at radius 2 is 1.50 bits per heavy atom. The van der Waals surface area contributed by atoms with Crippen molar-refractivity contribution < 1.29 is 14.6 Å². The van der Waals surface area contributed by atoms with Gasteiger partial charge in [0.2, 0.25) is 0 Å². The summed E-state index contributed by atoms with van der Waals surface area (Å²) in [6.07, 6.45) is -1.02. The van der Waals surface area contributed by atoms with Crippen LogP contribution < -0.4 is 0 Å². The topological polar surface area (TPSA) is 46.5 Å². The van der Waals surface area contributed by atoms with Crippen molar-refractivity contribution in [3.63, 3.8) is 0 Å². The van der Waals surface area contributed by atoms with E-state index in [4.69, 9.17) is 4.74 Å². The number of benzene rings is 3. The molecule has 0 bridgehead atoms. The molecule has 3 aromatic rings. The van der Waals surface area contributed by atoms with Gasteiger partial charge in [-0.15, -0.1) is 0 Å². The Bertz CT molecular complexity index is 850. The molecule has 0 saturated heterocycles. The van der Waals surface area contributed by atoms with E-state index in [1.165, 1.54) is 0 Å². The van der Waals surface area contributed by atoms with Gasteiger partial charge in [0.1, 0.15) is 6.10 Å². The SMILES string of the molecule is O=C(O[C@@H](C[C@H](O)c1cccc(Br)c1)c1ccccc1)c1ccccc1. The molecule has 3 nitrogen and oxygen atoms in total. The van der Waals surface area contributed by atoms with E-state index in [9.17, 15) is 9.90 Å². The first-order chi connectivity index (χ1) is 12.6. The summed E-state index contributed by atoms with van der Waals surface area (Å²) in [6, 6.07) is 25.9. The summed E-state index contributed by atoms with van der Waals surface area (Å²) in [5, 5.41) is 10.6. The van der Waals surface area contributed by atoms with Crippen LogP contribution in [0.4, 0.5) is 0 Å². The minimum Gasteiger partial charge on any atom is -0.454 e. The van der Waals surface area contributed by atoms with Crippen LogP contribution in [-0.4, -0.2) is 11.1 Å². The van der Waals surface area contributed by atoms with Crippen LogP contribution in [0.1, 0.15) is 40.1 Å². The van der Waals surface area contributed by atoms with Crippen LogP contribution in [0.3, 0.4) is 0 Å². The maximum atomic E-state index is 12.5. The zero-order chi connectivity index (χ0) is 18.4. The molecule has 0 radical (unpaired) electrons. The molecule has 0 unspecified atom stereocenters. The lowest BCUT2D eigenvalue weighted by molar-refractivity contribution is 0.0136. The number of hydrogen-bond donors (Lipinski definition) is 1. The first kappa shape index (κ1) is 18.4. The van der Waals surface area contributed by atoms with E-state index in [1.807, 2.05) is 60.7 Å². The fourth-order valence-corrected chi connectivity index (χ4v) is 3.16. The molecule has 0 fully saturated rings. The summed E-state index contributed by atoms with van der Waals surface area (Å²) in [7, 11) is 0. The number of aliphatic hydroxyl groups excluding tert-OH is 1. The fourth-order valence-electron chi connectivity index (χ4n) is 2.74. The van der Waals surface area contributed by atoms with Crippen LogP contribution in [-0.2, 0) is 4.74 Å². The van der Waals surface area contributed by atoms with Gasteiger partial charge in [-0.2, -0.15) is 0 Å². The van der Waals surface area contributed by atoms with Crippen LogP contribution in [0, 0.1) is 0 Å². The number of carbonyl (C=O) groups is 1. The highest BCUT2D eigenvalue weighted by molar-refractivity contribution is 9.10. The molecule has 3 aromatic carbocycles. The van der Waals surface area contributed by atoms with Gasteiger partial charge < -0.3 is 9.84 Å². The van der Waals surface area contributed by atoms with Crippen molar-refractivity contribution in [2.45, 2.75) is 18.6 Å². The number of esters is 1.